The standard InChI is InChI=1S/C25H23F2N5O/c1-32-24(33)22(16-6-8-19(26)9-7-16)23(17-10-12-29-13-11-17)31-25(32)30-15-20(28)14-18-4-2-3-5-21(18)27/h2-13,20H,14-15,28H2,1H3,(H,30,31)/t20-/m1/s1. The minimum absolute atomic E-state index is 0.278. The molecule has 0 fully saturated rings. The molecule has 0 saturated heterocycles. The zero-order valence-corrected chi connectivity index (χ0v) is 18.0. The Morgan fingerprint density at radius 3 is 2.39 bits per heavy atom. The molecule has 0 radical (unpaired) electrons. The lowest BCUT2D eigenvalue weighted by Gasteiger charge is -2.18. The molecule has 8 heteroatoms. The Morgan fingerprint density at radius 1 is 1.00 bits per heavy atom. The normalized spacial score (nSPS) is 11.9. The number of benzene rings is 2. The molecular weight excluding hydrogens is 424 g/mol. The number of nitrogens with two attached hydrogens (primary N) is 1. The van der Waals surface area contributed by atoms with E-state index in [1.54, 1.807) is 61.9 Å². The van der Waals surface area contributed by atoms with Crippen molar-refractivity contribution in [2.45, 2.75) is 12.5 Å². The van der Waals surface area contributed by atoms with Crippen LogP contribution in [0.3, 0.4) is 0 Å². The van der Waals surface area contributed by atoms with Crippen molar-refractivity contribution in [3.8, 4) is 22.4 Å². The van der Waals surface area contributed by atoms with E-state index in [2.05, 4.69) is 10.3 Å². The van der Waals surface area contributed by atoms with Crippen LogP contribution in [0.15, 0.2) is 77.9 Å². The maximum atomic E-state index is 13.9. The second-order valence-corrected chi connectivity index (χ2v) is 7.70. The number of aromatic nitrogens is 3. The van der Waals surface area contributed by atoms with Crippen molar-refractivity contribution in [2.24, 2.45) is 12.8 Å². The first-order valence-corrected chi connectivity index (χ1v) is 10.4. The number of nitrogens with zero attached hydrogens (tertiary/aromatic N) is 3. The summed E-state index contributed by atoms with van der Waals surface area (Å²) in [6.07, 6.45) is 3.55. The molecule has 0 aliphatic rings. The van der Waals surface area contributed by atoms with E-state index in [0.29, 0.717) is 40.3 Å². The van der Waals surface area contributed by atoms with Crippen LogP contribution < -0.4 is 16.6 Å². The highest BCUT2D eigenvalue weighted by molar-refractivity contribution is 5.80. The maximum absolute atomic E-state index is 13.9. The highest BCUT2D eigenvalue weighted by Crippen LogP contribution is 2.28. The molecule has 0 amide bonds. The average molecular weight is 447 g/mol. The molecule has 0 aliphatic heterocycles. The number of rotatable bonds is 7. The van der Waals surface area contributed by atoms with Gasteiger partial charge < -0.3 is 11.1 Å². The van der Waals surface area contributed by atoms with Gasteiger partial charge in [0.05, 0.1) is 11.3 Å². The first-order valence-electron chi connectivity index (χ1n) is 10.4. The molecule has 4 aromatic rings. The van der Waals surface area contributed by atoms with E-state index in [9.17, 15) is 13.6 Å². The lowest BCUT2D eigenvalue weighted by atomic mass is 10.0. The molecular formula is C25H23F2N5O. The summed E-state index contributed by atoms with van der Waals surface area (Å²) < 4.78 is 28.8. The third-order valence-electron chi connectivity index (χ3n) is 5.34. The van der Waals surface area contributed by atoms with Gasteiger partial charge in [-0.15, -0.1) is 0 Å². The summed E-state index contributed by atoms with van der Waals surface area (Å²) in [6.45, 7) is 0.278. The minimum atomic E-state index is -0.403. The summed E-state index contributed by atoms with van der Waals surface area (Å²) >= 11 is 0. The van der Waals surface area contributed by atoms with Crippen LogP contribution >= 0.6 is 0 Å². The highest BCUT2D eigenvalue weighted by atomic mass is 19.1. The van der Waals surface area contributed by atoms with Crippen LogP contribution in [0.5, 0.6) is 0 Å². The van der Waals surface area contributed by atoms with Crippen LogP contribution in [0.2, 0.25) is 0 Å². The minimum Gasteiger partial charge on any atom is -0.354 e. The van der Waals surface area contributed by atoms with Gasteiger partial charge in [-0.3, -0.25) is 14.3 Å². The Labute approximate surface area is 189 Å². The third-order valence-corrected chi connectivity index (χ3v) is 5.34. The molecule has 6 nitrogen and oxygen atoms in total. The predicted molar refractivity (Wildman–Crippen MR) is 125 cm³/mol. The zero-order valence-electron chi connectivity index (χ0n) is 18.0. The van der Waals surface area contributed by atoms with Gasteiger partial charge in [0.15, 0.2) is 0 Å². The molecule has 0 aliphatic carbocycles. The Morgan fingerprint density at radius 2 is 1.70 bits per heavy atom. The van der Waals surface area contributed by atoms with Gasteiger partial charge in [0.25, 0.3) is 5.56 Å². The Kier molecular flexibility index (Phi) is 6.55. The van der Waals surface area contributed by atoms with Crippen LogP contribution in [-0.2, 0) is 13.5 Å². The SMILES string of the molecule is Cn1c(NC[C@H](N)Cc2ccccc2F)nc(-c2ccncc2)c(-c2ccc(F)cc2)c1=O. The molecule has 33 heavy (non-hydrogen) atoms. The van der Waals surface area contributed by atoms with Crippen LogP contribution in [-0.4, -0.2) is 27.1 Å². The van der Waals surface area contributed by atoms with Crippen molar-refractivity contribution < 1.29 is 8.78 Å². The zero-order chi connectivity index (χ0) is 23.4. The van der Waals surface area contributed by atoms with Crippen LogP contribution in [0.4, 0.5) is 14.7 Å². The number of pyridine rings is 1. The van der Waals surface area contributed by atoms with Gasteiger partial charge in [-0.25, -0.2) is 13.8 Å². The van der Waals surface area contributed by atoms with Crippen molar-refractivity contribution in [1.29, 1.82) is 0 Å². The van der Waals surface area contributed by atoms with Gasteiger partial charge in [0, 0.05) is 37.6 Å². The van der Waals surface area contributed by atoms with Crippen LogP contribution in [0.1, 0.15) is 5.56 Å². The fraction of sp³-hybridized carbons (Fsp3) is 0.160. The van der Waals surface area contributed by atoms with Crippen molar-refractivity contribution in [3.63, 3.8) is 0 Å². The maximum Gasteiger partial charge on any atom is 0.263 e. The summed E-state index contributed by atoms with van der Waals surface area (Å²) in [6, 6.07) is 15.3. The number of hydrogen-bond acceptors (Lipinski definition) is 5. The van der Waals surface area contributed by atoms with Gasteiger partial charge in [-0.1, -0.05) is 30.3 Å². The van der Waals surface area contributed by atoms with E-state index in [0.717, 1.165) is 0 Å². The van der Waals surface area contributed by atoms with Gasteiger partial charge >= 0.3 is 0 Å². The topological polar surface area (TPSA) is 85.8 Å². The number of anilines is 1. The summed E-state index contributed by atoms with van der Waals surface area (Å²) in [5, 5.41) is 3.12. The van der Waals surface area contributed by atoms with Crippen molar-refractivity contribution in [3.05, 3.63) is 101 Å². The monoisotopic (exact) mass is 447 g/mol. The Hall–Kier alpha value is -3.91. The first-order chi connectivity index (χ1) is 15.9. The molecule has 168 valence electrons. The Balaban J connectivity index is 1.68. The molecule has 2 aromatic heterocycles. The number of halogens is 2. The van der Waals surface area contributed by atoms with Gasteiger partial charge in [0.1, 0.15) is 11.6 Å². The molecule has 4 rings (SSSR count). The molecule has 0 spiro atoms. The molecule has 0 unspecified atom stereocenters. The summed E-state index contributed by atoms with van der Waals surface area (Å²) in [5.74, 6) is -0.375. The molecule has 1 atom stereocenters. The fourth-order valence-corrected chi connectivity index (χ4v) is 3.60. The summed E-state index contributed by atoms with van der Waals surface area (Å²) in [5.41, 5.74) is 8.48. The highest BCUT2D eigenvalue weighted by Gasteiger charge is 2.19. The van der Waals surface area contributed by atoms with Crippen molar-refractivity contribution in [2.75, 3.05) is 11.9 Å². The van der Waals surface area contributed by atoms with Gasteiger partial charge in [-0.2, -0.15) is 0 Å². The third kappa shape index (κ3) is 4.96. The lowest BCUT2D eigenvalue weighted by molar-refractivity contribution is 0.590. The fourth-order valence-electron chi connectivity index (χ4n) is 3.60. The van der Waals surface area contributed by atoms with Crippen LogP contribution in [0, 0.1) is 11.6 Å². The van der Waals surface area contributed by atoms with E-state index < -0.39 is 11.9 Å². The first kappa shape index (κ1) is 22.3. The van der Waals surface area contributed by atoms with E-state index >= 15 is 0 Å². The van der Waals surface area contributed by atoms with Gasteiger partial charge in [-0.05, 0) is 47.9 Å². The molecule has 0 saturated carbocycles. The summed E-state index contributed by atoms with van der Waals surface area (Å²) in [4.78, 5) is 22.1. The van der Waals surface area contributed by atoms with Gasteiger partial charge in [0.2, 0.25) is 5.95 Å². The number of hydrogen-bond donors (Lipinski definition) is 2. The molecule has 0 bridgehead atoms. The second-order valence-electron chi connectivity index (χ2n) is 7.70. The predicted octanol–water partition coefficient (Wildman–Crippen LogP) is 3.77. The molecule has 2 aromatic carbocycles. The van der Waals surface area contributed by atoms with E-state index in [-0.39, 0.29) is 17.9 Å². The number of nitrogens with one attached hydrogen (secondary N) is 1. The smallest absolute Gasteiger partial charge is 0.263 e. The second kappa shape index (κ2) is 9.70. The van der Waals surface area contributed by atoms with Crippen molar-refractivity contribution >= 4 is 5.95 Å². The average Bonchev–Trinajstić information content (AvgIpc) is 2.83. The van der Waals surface area contributed by atoms with Crippen LogP contribution in [0.25, 0.3) is 22.4 Å². The van der Waals surface area contributed by atoms with Crippen molar-refractivity contribution in [1.82, 2.24) is 14.5 Å². The summed E-state index contributed by atoms with van der Waals surface area (Å²) in [7, 11) is 1.60. The van der Waals surface area contributed by atoms with E-state index in [4.69, 9.17) is 10.7 Å². The quantitative estimate of drug-likeness (QED) is 0.451. The Bertz CT molecular complexity index is 1310. The largest absolute Gasteiger partial charge is 0.354 e. The van der Waals surface area contributed by atoms with E-state index in [1.165, 1.54) is 22.8 Å². The van der Waals surface area contributed by atoms with E-state index in [1.807, 2.05) is 0 Å². The molecule has 2 heterocycles. The molecule has 3 N–H and O–H groups in total. The lowest BCUT2D eigenvalue weighted by Crippen LogP contribution is -2.34.